The maximum atomic E-state index is 13.8. The minimum Gasteiger partial charge on any atom is -0.457 e. The lowest BCUT2D eigenvalue weighted by molar-refractivity contribution is -0.129. The van der Waals surface area contributed by atoms with Gasteiger partial charge in [0.25, 0.3) is 0 Å². The van der Waals surface area contributed by atoms with Crippen molar-refractivity contribution in [2.45, 2.75) is 25.8 Å². The Hall–Kier alpha value is -2.89. The molecule has 1 aliphatic rings. The van der Waals surface area contributed by atoms with Gasteiger partial charge in [-0.1, -0.05) is 12.1 Å². The van der Waals surface area contributed by atoms with E-state index in [9.17, 15) is 14.0 Å². The number of benzene rings is 1. The smallest absolute Gasteiger partial charge is 0.244 e. The predicted octanol–water partition coefficient (Wildman–Crippen LogP) is 3.23. The number of halogens is 1. The first-order chi connectivity index (χ1) is 12.5. The van der Waals surface area contributed by atoms with Crippen molar-refractivity contribution in [2.24, 2.45) is 0 Å². The number of hydrogen-bond donors (Lipinski definition) is 1. The van der Waals surface area contributed by atoms with Gasteiger partial charge in [-0.3, -0.25) is 9.59 Å². The van der Waals surface area contributed by atoms with Crippen LogP contribution < -0.4 is 5.32 Å². The number of carbonyl (C=O) groups is 2. The number of furan rings is 1. The highest BCUT2D eigenvalue weighted by molar-refractivity contribution is 5.91. The number of rotatable bonds is 4. The van der Waals surface area contributed by atoms with Gasteiger partial charge in [-0.2, -0.15) is 0 Å². The Morgan fingerprint density at radius 3 is 2.62 bits per heavy atom. The van der Waals surface area contributed by atoms with Crippen LogP contribution in [0.1, 0.15) is 25.5 Å². The third kappa shape index (κ3) is 4.39. The average molecular weight is 356 g/mol. The molecule has 1 aromatic carbocycles. The molecule has 1 aromatic heterocycles. The van der Waals surface area contributed by atoms with E-state index in [1.165, 1.54) is 12.1 Å². The molecule has 136 valence electrons. The third-order valence-corrected chi connectivity index (χ3v) is 4.45. The zero-order valence-electron chi connectivity index (χ0n) is 14.6. The zero-order valence-corrected chi connectivity index (χ0v) is 14.6. The van der Waals surface area contributed by atoms with Gasteiger partial charge in [0, 0.05) is 32.1 Å². The van der Waals surface area contributed by atoms with Gasteiger partial charge in [0.1, 0.15) is 17.3 Å². The van der Waals surface area contributed by atoms with Crippen LogP contribution in [0.2, 0.25) is 0 Å². The molecular formula is C20H21FN2O3. The maximum absolute atomic E-state index is 13.8. The Balaban J connectivity index is 1.55. The summed E-state index contributed by atoms with van der Waals surface area (Å²) in [5.41, 5.74) is 0.383. The molecule has 1 fully saturated rings. The molecule has 0 saturated carbocycles. The minimum absolute atomic E-state index is 0.0633. The lowest BCUT2D eigenvalue weighted by atomic mass is 10.1. The van der Waals surface area contributed by atoms with Gasteiger partial charge in [-0.25, -0.2) is 4.39 Å². The lowest BCUT2D eigenvalue weighted by Gasteiger charge is -2.31. The zero-order chi connectivity index (χ0) is 18.5. The second-order valence-corrected chi connectivity index (χ2v) is 6.30. The first-order valence-corrected chi connectivity index (χ1v) is 8.62. The third-order valence-electron chi connectivity index (χ3n) is 4.45. The molecule has 2 heterocycles. The van der Waals surface area contributed by atoms with E-state index in [0.29, 0.717) is 30.2 Å². The maximum Gasteiger partial charge on any atom is 0.244 e. The largest absolute Gasteiger partial charge is 0.457 e. The van der Waals surface area contributed by atoms with Crippen LogP contribution in [0.3, 0.4) is 0 Å². The van der Waals surface area contributed by atoms with Gasteiger partial charge in [-0.15, -0.1) is 0 Å². The molecule has 5 nitrogen and oxygen atoms in total. The van der Waals surface area contributed by atoms with Crippen LogP contribution >= 0.6 is 0 Å². The number of carbonyl (C=O) groups excluding carboxylic acids is 2. The van der Waals surface area contributed by atoms with E-state index in [4.69, 9.17) is 4.42 Å². The lowest BCUT2D eigenvalue weighted by Crippen LogP contribution is -2.45. The van der Waals surface area contributed by atoms with Crippen molar-refractivity contribution in [3.63, 3.8) is 0 Å². The molecule has 26 heavy (non-hydrogen) atoms. The monoisotopic (exact) mass is 356 g/mol. The first kappa shape index (κ1) is 17.9. The van der Waals surface area contributed by atoms with Gasteiger partial charge >= 0.3 is 0 Å². The van der Waals surface area contributed by atoms with Crippen molar-refractivity contribution < 1.29 is 18.4 Å². The highest BCUT2D eigenvalue weighted by Crippen LogP contribution is 2.25. The number of likely N-dealkylation sites (tertiary alicyclic amines) is 1. The van der Waals surface area contributed by atoms with Gasteiger partial charge < -0.3 is 14.6 Å². The quantitative estimate of drug-likeness (QED) is 0.856. The van der Waals surface area contributed by atoms with E-state index in [-0.39, 0.29) is 23.7 Å². The molecular weight excluding hydrogens is 335 g/mol. The number of piperidine rings is 1. The molecule has 1 saturated heterocycles. The van der Waals surface area contributed by atoms with Crippen molar-refractivity contribution in [3.8, 4) is 11.3 Å². The highest BCUT2D eigenvalue weighted by Gasteiger charge is 2.21. The van der Waals surface area contributed by atoms with Crippen LogP contribution in [-0.4, -0.2) is 35.8 Å². The van der Waals surface area contributed by atoms with E-state index < -0.39 is 0 Å². The van der Waals surface area contributed by atoms with E-state index in [2.05, 4.69) is 5.32 Å². The Morgan fingerprint density at radius 2 is 1.92 bits per heavy atom. The van der Waals surface area contributed by atoms with Crippen LogP contribution in [0.15, 0.2) is 46.9 Å². The van der Waals surface area contributed by atoms with Crippen LogP contribution in [0, 0.1) is 5.82 Å². The van der Waals surface area contributed by atoms with Crippen LogP contribution in [0.25, 0.3) is 17.4 Å². The molecule has 2 aromatic rings. The van der Waals surface area contributed by atoms with Crippen molar-refractivity contribution in [1.82, 2.24) is 10.2 Å². The second kappa shape index (κ2) is 7.99. The Labute approximate surface area is 151 Å². The molecule has 0 aliphatic carbocycles. The summed E-state index contributed by atoms with van der Waals surface area (Å²) in [6.45, 7) is 2.88. The normalized spacial score (nSPS) is 15.4. The molecule has 2 amide bonds. The van der Waals surface area contributed by atoms with Crippen molar-refractivity contribution >= 4 is 17.9 Å². The Morgan fingerprint density at radius 1 is 1.19 bits per heavy atom. The van der Waals surface area contributed by atoms with E-state index in [1.807, 2.05) is 0 Å². The molecule has 0 unspecified atom stereocenters. The van der Waals surface area contributed by atoms with Crippen molar-refractivity contribution in [2.75, 3.05) is 13.1 Å². The molecule has 6 heteroatoms. The SMILES string of the molecule is CC(=O)N1CCC(NC(=O)C=Cc2ccc(-c3ccccc3F)o2)CC1. The second-order valence-electron chi connectivity index (χ2n) is 6.30. The van der Waals surface area contributed by atoms with E-state index in [0.717, 1.165) is 12.8 Å². The molecule has 3 rings (SSSR count). The van der Waals surface area contributed by atoms with Gasteiger partial charge in [0.05, 0.1) is 5.56 Å². The van der Waals surface area contributed by atoms with Crippen molar-refractivity contribution in [3.05, 3.63) is 54.1 Å². The first-order valence-electron chi connectivity index (χ1n) is 8.62. The van der Waals surface area contributed by atoms with Crippen molar-refractivity contribution in [1.29, 1.82) is 0 Å². The summed E-state index contributed by atoms with van der Waals surface area (Å²) in [5.74, 6) is 0.393. The van der Waals surface area contributed by atoms with Gasteiger partial charge in [-0.05, 0) is 43.2 Å². The topological polar surface area (TPSA) is 62.6 Å². The van der Waals surface area contributed by atoms with Crippen LogP contribution in [0.5, 0.6) is 0 Å². The molecule has 0 bridgehead atoms. The molecule has 0 radical (unpaired) electrons. The number of hydrogen-bond acceptors (Lipinski definition) is 3. The molecule has 0 atom stereocenters. The van der Waals surface area contributed by atoms with Gasteiger partial charge in [0.15, 0.2) is 0 Å². The summed E-state index contributed by atoms with van der Waals surface area (Å²) < 4.78 is 19.4. The Kier molecular flexibility index (Phi) is 5.51. The Bertz CT molecular complexity index is 820. The fraction of sp³-hybridized carbons (Fsp3) is 0.300. The molecule has 0 spiro atoms. The standard InChI is InChI=1S/C20H21FN2O3/c1-14(24)23-12-10-15(11-13-23)22-20(25)9-7-16-6-8-19(26-16)17-4-2-3-5-18(17)21/h2-9,15H,10-13H2,1H3,(H,22,25). The predicted molar refractivity (Wildman–Crippen MR) is 96.6 cm³/mol. The summed E-state index contributed by atoms with van der Waals surface area (Å²) in [6.07, 6.45) is 4.46. The number of amides is 2. The number of nitrogens with zero attached hydrogens (tertiary/aromatic N) is 1. The molecule has 1 N–H and O–H groups in total. The summed E-state index contributed by atoms with van der Waals surface area (Å²) in [4.78, 5) is 25.1. The summed E-state index contributed by atoms with van der Waals surface area (Å²) in [5, 5.41) is 2.93. The highest BCUT2D eigenvalue weighted by atomic mass is 19.1. The summed E-state index contributed by atoms with van der Waals surface area (Å²) in [6, 6.07) is 9.80. The molecule has 1 aliphatic heterocycles. The fourth-order valence-corrected chi connectivity index (χ4v) is 2.99. The van der Waals surface area contributed by atoms with Crippen LogP contribution in [0.4, 0.5) is 4.39 Å². The van der Waals surface area contributed by atoms with Crippen LogP contribution in [-0.2, 0) is 9.59 Å². The number of nitrogens with one attached hydrogen (secondary N) is 1. The average Bonchev–Trinajstić information content (AvgIpc) is 3.09. The summed E-state index contributed by atoms with van der Waals surface area (Å²) >= 11 is 0. The minimum atomic E-state index is -0.355. The van der Waals surface area contributed by atoms with E-state index >= 15 is 0 Å². The summed E-state index contributed by atoms with van der Waals surface area (Å²) in [7, 11) is 0. The van der Waals surface area contributed by atoms with E-state index in [1.54, 1.807) is 48.2 Å². The van der Waals surface area contributed by atoms with Gasteiger partial charge in [0.2, 0.25) is 11.8 Å². The fourth-order valence-electron chi connectivity index (χ4n) is 2.99.